The molecule has 1 aromatic carbocycles. The van der Waals surface area contributed by atoms with Crippen molar-refractivity contribution in [3.8, 4) is 0 Å². The lowest BCUT2D eigenvalue weighted by molar-refractivity contribution is -0.270. The summed E-state index contributed by atoms with van der Waals surface area (Å²) in [5.41, 5.74) is -5.50. The quantitative estimate of drug-likeness (QED) is 0.590. The molecule has 1 aliphatic heterocycles. The maximum Gasteiger partial charge on any atom is 0.192 e. The van der Waals surface area contributed by atoms with Crippen molar-refractivity contribution in [3.05, 3.63) is 59.9 Å². The van der Waals surface area contributed by atoms with Crippen molar-refractivity contribution >= 4 is 22.5 Å². The third-order valence-corrected chi connectivity index (χ3v) is 11.0. The Morgan fingerprint density at radius 1 is 1.20 bits per heavy atom. The average molecular weight is 554 g/mol. The molecule has 40 heavy (non-hydrogen) atoms. The average Bonchev–Trinajstić information content (AvgIpc) is 3.56. The van der Waals surface area contributed by atoms with E-state index in [1.807, 2.05) is 37.3 Å². The first-order valence-electron chi connectivity index (χ1n) is 14.0. The van der Waals surface area contributed by atoms with Gasteiger partial charge in [-0.05, 0) is 62.0 Å². The minimum absolute atomic E-state index is 0.0639. The molecule has 7 nitrogen and oxygen atoms in total. The molecule has 0 bridgehead atoms. The van der Waals surface area contributed by atoms with Crippen LogP contribution in [0.15, 0.2) is 58.6 Å². The number of furan rings is 1. The van der Waals surface area contributed by atoms with Crippen molar-refractivity contribution in [2.45, 2.75) is 63.2 Å². The summed E-state index contributed by atoms with van der Waals surface area (Å²) in [4.78, 5) is 32.2. The standard InChI is InChI=1S/C31H33F2NO6/c1-28-8-7-19(36)11-23(28)24(32)12-22-21-10-18-14-34(15-20-9-17-5-3-4-6-25(17)39-20)40-31(18,27(38)16-35)29(21,2)13-26(37)30(22,28)33/h3-9,11,18,21-22,24,26,35,37H,10,12-16H2,1-2H3/t18-,21-,22-,24-,26-,28-,29-,30-,31-/m0/s1. The number of ketones is 2. The number of hydroxylamine groups is 2. The summed E-state index contributed by atoms with van der Waals surface area (Å²) in [5.74, 6) is -2.06. The van der Waals surface area contributed by atoms with Gasteiger partial charge in [-0.3, -0.25) is 14.4 Å². The van der Waals surface area contributed by atoms with E-state index in [4.69, 9.17) is 9.25 Å². The van der Waals surface area contributed by atoms with E-state index >= 15 is 8.78 Å². The second-order valence-corrected chi connectivity index (χ2v) is 12.8. The molecular weight excluding hydrogens is 520 g/mol. The van der Waals surface area contributed by atoms with Crippen LogP contribution in [0.25, 0.3) is 11.0 Å². The Balaban J connectivity index is 1.26. The number of fused-ring (bicyclic) bond motifs is 8. The van der Waals surface area contributed by atoms with E-state index in [2.05, 4.69) is 0 Å². The molecule has 0 spiro atoms. The molecular formula is C31H33F2NO6. The maximum absolute atomic E-state index is 17.5. The molecule has 2 aromatic rings. The van der Waals surface area contributed by atoms with Gasteiger partial charge < -0.3 is 14.6 Å². The highest BCUT2D eigenvalue weighted by atomic mass is 19.1. The molecule has 212 valence electrons. The Kier molecular flexibility index (Phi) is 5.51. The molecule has 9 heteroatoms. The van der Waals surface area contributed by atoms with Gasteiger partial charge in [-0.15, -0.1) is 0 Å². The number of carbonyl (C=O) groups excluding carboxylic acids is 2. The molecule has 0 unspecified atom stereocenters. The molecule has 2 N–H and O–H groups in total. The summed E-state index contributed by atoms with van der Waals surface area (Å²) < 4.78 is 39.2. The minimum Gasteiger partial charge on any atom is -0.460 e. The molecule has 1 aromatic heterocycles. The summed E-state index contributed by atoms with van der Waals surface area (Å²) in [6.45, 7) is 3.22. The van der Waals surface area contributed by atoms with Gasteiger partial charge in [0.2, 0.25) is 0 Å². The predicted octanol–water partition coefficient (Wildman–Crippen LogP) is 4.03. The van der Waals surface area contributed by atoms with Gasteiger partial charge in [0.25, 0.3) is 0 Å². The topological polar surface area (TPSA) is 100 Å². The number of halogens is 2. The van der Waals surface area contributed by atoms with E-state index in [9.17, 15) is 19.8 Å². The SMILES string of the molecule is C[C@]12C=CC(=O)C=C1[C@@H](F)C[C@H]1[C@@H]3C[C@H]4CN(Cc5cc6ccccc6o5)O[C@@]4(C(=O)CO)[C@@]3(C)C[C@H](O)[C@@]12F. The van der Waals surface area contributed by atoms with Gasteiger partial charge in [-0.25, -0.2) is 8.78 Å². The number of carbonyl (C=O) groups is 2. The monoisotopic (exact) mass is 553 g/mol. The van der Waals surface area contributed by atoms with Gasteiger partial charge in [0.1, 0.15) is 24.1 Å². The third kappa shape index (κ3) is 3.07. The van der Waals surface area contributed by atoms with Crippen LogP contribution in [0.4, 0.5) is 8.78 Å². The van der Waals surface area contributed by atoms with Crippen molar-refractivity contribution < 1.29 is 37.8 Å². The lowest BCUT2D eigenvalue weighted by atomic mass is 9.44. The number of Topliss-reactive ketones (excluding diaryl/α,β-unsaturated/α-hetero) is 1. The molecule has 0 radical (unpaired) electrons. The molecule has 0 amide bonds. The summed E-state index contributed by atoms with van der Waals surface area (Å²) in [6.07, 6.45) is 0.798. The van der Waals surface area contributed by atoms with Gasteiger partial charge in [0.05, 0.1) is 12.6 Å². The molecule has 1 saturated heterocycles. The molecule has 4 fully saturated rings. The third-order valence-electron chi connectivity index (χ3n) is 11.0. The summed E-state index contributed by atoms with van der Waals surface area (Å²) in [5, 5.41) is 24.3. The highest BCUT2D eigenvalue weighted by Gasteiger charge is 2.79. The summed E-state index contributed by atoms with van der Waals surface area (Å²) in [7, 11) is 0. The number of allylic oxidation sites excluding steroid dienone is 4. The number of rotatable bonds is 4. The predicted molar refractivity (Wildman–Crippen MR) is 140 cm³/mol. The molecule has 9 atom stereocenters. The number of hydrogen-bond donors (Lipinski definition) is 2. The first kappa shape index (κ1) is 26.2. The van der Waals surface area contributed by atoms with Crippen LogP contribution in [0.1, 0.15) is 38.9 Å². The summed E-state index contributed by atoms with van der Waals surface area (Å²) in [6, 6.07) is 9.53. The smallest absolute Gasteiger partial charge is 0.192 e. The Morgan fingerprint density at radius 2 is 1.98 bits per heavy atom. The summed E-state index contributed by atoms with van der Waals surface area (Å²) >= 11 is 0. The molecule has 3 saturated carbocycles. The van der Waals surface area contributed by atoms with Crippen LogP contribution in [0.5, 0.6) is 0 Å². The number of aliphatic hydroxyl groups is 2. The van der Waals surface area contributed by atoms with Crippen LogP contribution in [-0.4, -0.2) is 63.5 Å². The first-order valence-corrected chi connectivity index (χ1v) is 14.0. The second-order valence-electron chi connectivity index (χ2n) is 12.8. The van der Waals surface area contributed by atoms with Crippen LogP contribution in [-0.2, 0) is 21.0 Å². The van der Waals surface area contributed by atoms with Gasteiger partial charge in [-0.2, -0.15) is 5.06 Å². The number of nitrogens with zero attached hydrogens (tertiary/aromatic N) is 1. The van der Waals surface area contributed by atoms with Crippen LogP contribution in [0, 0.1) is 28.6 Å². The molecule has 7 rings (SSSR count). The lowest BCUT2D eigenvalue weighted by Crippen LogP contribution is -2.70. The van der Waals surface area contributed by atoms with Crippen molar-refractivity contribution in [2.24, 2.45) is 28.6 Å². The van der Waals surface area contributed by atoms with E-state index in [0.717, 1.165) is 11.0 Å². The first-order chi connectivity index (χ1) is 19.0. The van der Waals surface area contributed by atoms with Crippen LogP contribution in [0.3, 0.4) is 0 Å². The van der Waals surface area contributed by atoms with Gasteiger partial charge in [0.15, 0.2) is 22.8 Å². The zero-order chi connectivity index (χ0) is 28.2. The van der Waals surface area contributed by atoms with Gasteiger partial charge in [-0.1, -0.05) is 31.2 Å². The van der Waals surface area contributed by atoms with Crippen LogP contribution >= 0.6 is 0 Å². The van der Waals surface area contributed by atoms with Crippen molar-refractivity contribution in [1.29, 1.82) is 0 Å². The number of benzene rings is 1. The molecule has 5 aliphatic rings. The zero-order valence-corrected chi connectivity index (χ0v) is 22.5. The molecule has 4 aliphatic carbocycles. The fraction of sp³-hybridized carbons (Fsp3) is 0.548. The Hall–Kier alpha value is -2.72. The normalized spacial score (nSPS) is 44.2. The second kappa shape index (κ2) is 8.41. The fourth-order valence-electron chi connectivity index (χ4n) is 9.32. The highest BCUT2D eigenvalue weighted by Crippen LogP contribution is 2.72. The number of hydrogen-bond acceptors (Lipinski definition) is 7. The minimum atomic E-state index is -2.24. The van der Waals surface area contributed by atoms with Crippen LogP contribution < -0.4 is 0 Å². The van der Waals surface area contributed by atoms with Gasteiger partial charge in [0, 0.05) is 34.6 Å². The van der Waals surface area contributed by atoms with E-state index in [1.165, 1.54) is 18.2 Å². The number of para-hydroxylation sites is 1. The number of aliphatic hydroxyl groups excluding tert-OH is 2. The van der Waals surface area contributed by atoms with Crippen molar-refractivity contribution in [1.82, 2.24) is 5.06 Å². The zero-order valence-electron chi connectivity index (χ0n) is 22.5. The Labute approximate surface area is 230 Å². The Morgan fingerprint density at radius 3 is 2.73 bits per heavy atom. The maximum atomic E-state index is 17.5. The van der Waals surface area contributed by atoms with Crippen LogP contribution in [0.2, 0.25) is 0 Å². The van der Waals surface area contributed by atoms with E-state index < -0.39 is 70.3 Å². The fourth-order valence-corrected chi connectivity index (χ4v) is 9.32. The number of alkyl halides is 2. The van der Waals surface area contributed by atoms with Gasteiger partial charge >= 0.3 is 0 Å². The van der Waals surface area contributed by atoms with E-state index in [1.54, 1.807) is 12.0 Å². The Bertz CT molecular complexity index is 1450. The van der Waals surface area contributed by atoms with E-state index in [-0.39, 0.29) is 25.0 Å². The lowest BCUT2D eigenvalue weighted by Gasteiger charge is -2.63. The highest BCUT2D eigenvalue weighted by molar-refractivity contribution is 6.01. The van der Waals surface area contributed by atoms with Crippen molar-refractivity contribution in [2.75, 3.05) is 13.2 Å². The van der Waals surface area contributed by atoms with Crippen molar-refractivity contribution in [3.63, 3.8) is 0 Å². The van der Waals surface area contributed by atoms with E-state index in [0.29, 0.717) is 18.7 Å². The molecule has 2 heterocycles. The largest absolute Gasteiger partial charge is 0.460 e.